The molecule has 0 spiro atoms. The van der Waals surface area contributed by atoms with Crippen LogP contribution >= 0.6 is 11.6 Å². The lowest BCUT2D eigenvalue weighted by Gasteiger charge is -2.46. The summed E-state index contributed by atoms with van der Waals surface area (Å²) in [6.07, 6.45) is 20.3. The van der Waals surface area contributed by atoms with E-state index in [-0.39, 0.29) is 30.0 Å². The van der Waals surface area contributed by atoms with Crippen molar-refractivity contribution in [3.63, 3.8) is 0 Å². The number of ether oxygens (including phenoxy) is 2. The maximum Gasteiger partial charge on any atom is 0.238 e. The van der Waals surface area contributed by atoms with E-state index in [0.717, 1.165) is 103 Å². The Morgan fingerprint density at radius 3 is 1.74 bits per heavy atom. The SMILES string of the molecule is CCOC[C@H]1CC[C@@H](N2CCC(N(C(=O)CCl)[C@H]3CCCC[C@@H]3O)CC2)C1.CCOC[C@H]1CC[C@@H](N2CCC(N[C@H]3CCCC[C@@H]3O)CC2)C1. The van der Waals surface area contributed by atoms with Crippen molar-refractivity contribution in [2.75, 3.05) is 58.5 Å². The Bertz CT molecular complexity index is 964. The molecule has 4 aliphatic carbocycles. The summed E-state index contributed by atoms with van der Waals surface area (Å²) in [5.74, 6) is 1.51. The van der Waals surface area contributed by atoms with Gasteiger partial charge < -0.3 is 39.7 Å². The molecule has 0 aromatic carbocycles. The van der Waals surface area contributed by atoms with Crippen molar-refractivity contribution < 1.29 is 24.5 Å². The van der Waals surface area contributed by atoms with Gasteiger partial charge in [0.05, 0.1) is 18.2 Å². The summed E-state index contributed by atoms with van der Waals surface area (Å²) < 4.78 is 11.2. The average Bonchev–Trinajstić information content (AvgIpc) is 3.83. The number of likely N-dealkylation sites (tertiary alicyclic amines) is 2. The lowest BCUT2D eigenvalue weighted by molar-refractivity contribution is -0.139. The summed E-state index contributed by atoms with van der Waals surface area (Å²) in [7, 11) is 0. The Morgan fingerprint density at radius 1 is 0.700 bits per heavy atom. The number of carbonyl (C=O) groups excluding carboxylic acids is 1. The highest BCUT2D eigenvalue weighted by Crippen LogP contribution is 2.34. The Labute approximate surface area is 309 Å². The maximum atomic E-state index is 12.6. The van der Waals surface area contributed by atoms with Gasteiger partial charge in [-0.3, -0.25) is 4.79 Å². The second kappa shape index (κ2) is 21.4. The number of alkyl halides is 1. The normalized spacial score (nSPS) is 35.1. The maximum absolute atomic E-state index is 12.6. The number of halogens is 1. The molecule has 290 valence electrons. The summed E-state index contributed by atoms with van der Waals surface area (Å²) in [4.78, 5) is 19.9. The van der Waals surface area contributed by atoms with Crippen LogP contribution in [0, 0.1) is 11.8 Å². The topological polar surface area (TPSA) is 97.7 Å². The Morgan fingerprint density at radius 2 is 1.22 bits per heavy atom. The van der Waals surface area contributed by atoms with Crippen LogP contribution in [0.2, 0.25) is 0 Å². The molecule has 3 N–H and O–H groups in total. The number of rotatable bonds is 13. The fourth-order valence-electron chi connectivity index (χ4n) is 10.3. The van der Waals surface area contributed by atoms with E-state index in [1.165, 1.54) is 77.3 Å². The molecule has 0 aromatic rings. The highest BCUT2D eigenvalue weighted by molar-refractivity contribution is 6.27. The highest BCUT2D eigenvalue weighted by Gasteiger charge is 2.39. The fourth-order valence-corrected chi connectivity index (χ4v) is 10.5. The Kier molecular flexibility index (Phi) is 17.4. The summed E-state index contributed by atoms with van der Waals surface area (Å²) in [5.41, 5.74) is 0. The van der Waals surface area contributed by atoms with Gasteiger partial charge in [0.1, 0.15) is 5.88 Å². The molecule has 2 saturated heterocycles. The number of amides is 1. The molecule has 10 heteroatoms. The molecule has 4 saturated carbocycles. The van der Waals surface area contributed by atoms with Crippen LogP contribution in [0.1, 0.15) is 129 Å². The minimum Gasteiger partial charge on any atom is -0.392 e. The number of carbonyl (C=O) groups is 1. The van der Waals surface area contributed by atoms with Gasteiger partial charge in [-0.05, 0) is 129 Å². The molecule has 2 heterocycles. The van der Waals surface area contributed by atoms with Gasteiger partial charge in [0.25, 0.3) is 0 Å². The molecule has 2 aliphatic heterocycles. The quantitative estimate of drug-likeness (QED) is 0.212. The van der Waals surface area contributed by atoms with Crippen molar-refractivity contribution in [3.05, 3.63) is 0 Å². The third kappa shape index (κ3) is 11.7. The molecular weight excluding hydrogens is 652 g/mol. The molecule has 6 aliphatic rings. The van der Waals surface area contributed by atoms with Crippen molar-refractivity contribution in [2.45, 2.75) is 178 Å². The second-order valence-corrected chi connectivity index (χ2v) is 16.8. The number of aliphatic hydroxyl groups excluding tert-OH is 2. The lowest BCUT2D eigenvalue weighted by atomic mass is 9.88. The third-order valence-corrected chi connectivity index (χ3v) is 13.5. The molecule has 1 amide bonds. The number of hydrogen-bond acceptors (Lipinski definition) is 8. The van der Waals surface area contributed by atoms with E-state index in [1.807, 2.05) is 4.90 Å². The van der Waals surface area contributed by atoms with Gasteiger partial charge in [0.2, 0.25) is 5.91 Å². The standard InChI is InChI=1S/C21H37ClN2O3.C19H36N2O2/c1-2-27-15-16-7-8-18(13-16)23-11-9-17(10-12-23)24(21(26)14-22)19-5-3-4-6-20(19)25;1-2-23-14-15-7-8-17(13-15)21-11-9-16(10-12-21)20-18-5-3-4-6-19(18)22/h16-20,25H,2-15H2,1H3;15-20,22H,2-14H2,1H3/t16-,18+,19-,20-;15-,17+,18-,19-/m00/s1. The number of piperidine rings is 2. The molecule has 0 unspecified atom stereocenters. The van der Waals surface area contributed by atoms with E-state index in [9.17, 15) is 15.0 Å². The second-order valence-electron chi connectivity index (χ2n) is 16.5. The van der Waals surface area contributed by atoms with Gasteiger partial charge >= 0.3 is 0 Å². The van der Waals surface area contributed by atoms with Gasteiger partial charge in [-0.1, -0.05) is 25.7 Å². The smallest absolute Gasteiger partial charge is 0.238 e. The first-order chi connectivity index (χ1) is 24.4. The van der Waals surface area contributed by atoms with E-state index >= 15 is 0 Å². The van der Waals surface area contributed by atoms with Crippen LogP contribution in [-0.4, -0.2) is 138 Å². The molecule has 8 atom stereocenters. The van der Waals surface area contributed by atoms with Crippen LogP contribution in [0.4, 0.5) is 0 Å². The first-order valence-corrected chi connectivity index (χ1v) is 21.6. The first-order valence-electron chi connectivity index (χ1n) is 21.0. The van der Waals surface area contributed by atoms with Crippen LogP contribution in [0.5, 0.6) is 0 Å². The van der Waals surface area contributed by atoms with Crippen LogP contribution in [-0.2, 0) is 14.3 Å². The van der Waals surface area contributed by atoms with Gasteiger partial charge in [-0.2, -0.15) is 0 Å². The van der Waals surface area contributed by atoms with E-state index in [1.54, 1.807) is 0 Å². The van der Waals surface area contributed by atoms with Crippen molar-refractivity contribution in [1.29, 1.82) is 0 Å². The third-order valence-electron chi connectivity index (χ3n) is 13.2. The zero-order valence-electron chi connectivity index (χ0n) is 31.7. The van der Waals surface area contributed by atoms with E-state index in [2.05, 4.69) is 29.0 Å². The molecule has 9 nitrogen and oxygen atoms in total. The summed E-state index contributed by atoms with van der Waals surface area (Å²) in [5, 5.41) is 24.4. The van der Waals surface area contributed by atoms with Gasteiger partial charge in [-0.25, -0.2) is 0 Å². The average molecular weight is 725 g/mol. The fraction of sp³-hybridized carbons (Fsp3) is 0.975. The van der Waals surface area contributed by atoms with E-state index in [4.69, 9.17) is 21.1 Å². The van der Waals surface area contributed by atoms with Crippen molar-refractivity contribution in [2.24, 2.45) is 11.8 Å². The summed E-state index contributed by atoms with van der Waals surface area (Å²) in [6.45, 7) is 12.2. The molecular formula is C40H73ClN4O5. The van der Waals surface area contributed by atoms with Gasteiger partial charge in [-0.15, -0.1) is 11.6 Å². The number of hydrogen-bond donors (Lipinski definition) is 3. The van der Waals surface area contributed by atoms with Gasteiger partial charge in [0, 0.05) is 69.7 Å². The number of aliphatic hydroxyl groups is 2. The summed E-state index contributed by atoms with van der Waals surface area (Å²) in [6, 6.07) is 2.62. The van der Waals surface area contributed by atoms with Gasteiger partial charge in [0.15, 0.2) is 0 Å². The van der Waals surface area contributed by atoms with Crippen molar-refractivity contribution in [3.8, 4) is 0 Å². The first kappa shape index (κ1) is 40.7. The number of nitrogens with zero attached hydrogens (tertiary/aromatic N) is 3. The minimum absolute atomic E-state index is 0.00119. The molecule has 0 aromatic heterocycles. The van der Waals surface area contributed by atoms with Crippen molar-refractivity contribution >= 4 is 17.5 Å². The Balaban J connectivity index is 0.000000197. The Hall–Kier alpha value is -0.520. The zero-order chi connectivity index (χ0) is 35.3. The molecule has 0 bridgehead atoms. The monoisotopic (exact) mass is 725 g/mol. The predicted octanol–water partition coefficient (Wildman–Crippen LogP) is 5.58. The minimum atomic E-state index is -0.391. The zero-order valence-corrected chi connectivity index (χ0v) is 32.5. The number of nitrogens with one attached hydrogen (secondary N) is 1. The van der Waals surface area contributed by atoms with Crippen LogP contribution in [0.3, 0.4) is 0 Å². The molecule has 0 radical (unpaired) electrons. The van der Waals surface area contributed by atoms with Crippen LogP contribution in [0.25, 0.3) is 0 Å². The lowest BCUT2D eigenvalue weighted by Crippen LogP contribution is -2.57. The van der Waals surface area contributed by atoms with E-state index in [0.29, 0.717) is 24.0 Å². The molecule has 6 rings (SSSR count). The predicted molar refractivity (Wildman–Crippen MR) is 202 cm³/mol. The van der Waals surface area contributed by atoms with Crippen molar-refractivity contribution in [1.82, 2.24) is 20.0 Å². The van der Waals surface area contributed by atoms with E-state index < -0.39 is 6.10 Å². The van der Waals surface area contributed by atoms with Crippen LogP contribution in [0.15, 0.2) is 0 Å². The highest BCUT2D eigenvalue weighted by atomic mass is 35.5. The largest absolute Gasteiger partial charge is 0.392 e. The summed E-state index contributed by atoms with van der Waals surface area (Å²) >= 11 is 5.93. The van der Waals surface area contributed by atoms with Crippen LogP contribution < -0.4 is 5.32 Å². The molecule has 50 heavy (non-hydrogen) atoms. The molecule has 6 fully saturated rings.